The normalized spacial score (nSPS) is 10.7. The van der Waals surface area contributed by atoms with Crippen molar-refractivity contribution in [1.29, 1.82) is 0 Å². The second-order valence-corrected chi connectivity index (χ2v) is 3.83. The summed E-state index contributed by atoms with van der Waals surface area (Å²) in [7, 11) is 0. The average Bonchev–Trinajstić information content (AvgIpc) is 2.89. The van der Waals surface area contributed by atoms with Gasteiger partial charge in [0.05, 0.1) is 12.1 Å². The number of H-pyrrole nitrogens is 1. The third kappa shape index (κ3) is 2.05. The lowest BCUT2D eigenvalue weighted by molar-refractivity contribution is 0.881. The smallest absolute Gasteiger partial charge is 0.193 e. The van der Waals surface area contributed by atoms with Crippen LogP contribution in [0, 0.1) is 0 Å². The van der Waals surface area contributed by atoms with Crippen molar-refractivity contribution >= 4 is 22.4 Å². The zero-order chi connectivity index (χ0) is 12.4. The number of aromatic nitrogens is 5. The van der Waals surface area contributed by atoms with Crippen molar-refractivity contribution in [3.8, 4) is 0 Å². The van der Waals surface area contributed by atoms with E-state index in [0.717, 1.165) is 22.4 Å². The summed E-state index contributed by atoms with van der Waals surface area (Å²) in [5.74, 6) is 1.35. The number of aromatic amines is 1. The van der Waals surface area contributed by atoms with Gasteiger partial charge in [-0.2, -0.15) is 5.21 Å². The van der Waals surface area contributed by atoms with Gasteiger partial charge in [0.2, 0.25) is 0 Å². The molecular weight excluding hydrogens is 230 g/mol. The van der Waals surface area contributed by atoms with Crippen LogP contribution in [0.3, 0.4) is 0 Å². The number of hydrogen-bond donors (Lipinski definition) is 3. The van der Waals surface area contributed by atoms with E-state index in [1.165, 1.54) is 0 Å². The maximum Gasteiger partial charge on any atom is 0.193 e. The van der Waals surface area contributed by atoms with Gasteiger partial charge < -0.3 is 11.1 Å². The van der Waals surface area contributed by atoms with Gasteiger partial charge in [0.15, 0.2) is 5.82 Å². The summed E-state index contributed by atoms with van der Waals surface area (Å²) in [4.78, 5) is 4.46. The molecule has 0 unspecified atom stereocenters. The molecule has 0 atom stereocenters. The summed E-state index contributed by atoms with van der Waals surface area (Å²) in [6.45, 7) is 0.476. The van der Waals surface area contributed by atoms with Crippen LogP contribution in [0.4, 0.5) is 11.5 Å². The molecule has 2 heterocycles. The highest BCUT2D eigenvalue weighted by molar-refractivity contribution is 5.83. The van der Waals surface area contributed by atoms with Gasteiger partial charge in [0.25, 0.3) is 0 Å². The molecule has 0 aliphatic rings. The number of fused-ring (bicyclic) bond motifs is 1. The van der Waals surface area contributed by atoms with Crippen molar-refractivity contribution < 1.29 is 0 Å². The first kappa shape index (κ1) is 10.5. The first-order valence-electron chi connectivity index (χ1n) is 5.44. The zero-order valence-corrected chi connectivity index (χ0v) is 9.46. The van der Waals surface area contributed by atoms with Gasteiger partial charge in [-0.3, -0.25) is 0 Å². The quantitative estimate of drug-likeness (QED) is 0.589. The van der Waals surface area contributed by atoms with Crippen molar-refractivity contribution in [2.24, 2.45) is 0 Å². The minimum Gasteiger partial charge on any atom is -0.399 e. The molecule has 0 aliphatic carbocycles. The predicted octanol–water partition coefficient (Wildman–Crippen LogP) is 0.942. The molecule has 4 N–H and O–H groups in total. The van der Waals surface area contributed by atoms with Crippen molar-refractivity contribution in [2.45, 2.75) is 6.54 Å². The highest BCUT2D eigenvalue weighted by atomic mass is 15.5. The first-order chi connectivity index (χ1) is 8.81. The topological polar surface area (TPSA) is 105 Å². The molecule has 3 rings (SSSR count). The third-order valence-corrected chi connectivity index (χ3v) is 2.53. The van der Waals surface area contributed by atoms with Gasteiger partial charge in [-0.15, -0.1) is 10.2 Å². The molecule has 0 saturated carbocycles. The van der Waals surface area contributed by atoms with E-state index < -0.39 is 0 Å². The van der Waals surface area contributed by atoms with Crippen LogP contribution < -0.4 is 11.1 Å². The summed E-state index contributed by atoms with van der Waals surface area (Å²) >= 11 is 0. The molecule has 2 aromatic heterocycles. The molecule has 18 heavy (non-hydrogen) atoms. The number of pyridine rings is 1. The van der Waals surface area contributed by atoms with Gasteiger partial charge in [-0.1, -0.05) is 5.21 Å². The first-order valence-corrected chi connectivity index (χ1v) is 5.44. The lowest BCUT2D eigenvalue weighted by Gasteiger charge is -2.04. The lowest BCUT2D eigenvalue weighted by Crippen LogP contribution is -2.03. The van der Waals surface area contributed by atoms with Gasteiger partial charge in [-0.25, -0.2) is 4.98 Å². The van der Waals surface area contributed by atoms with E-state index in [1.54, 1.807) is 0 Å². The van der Waals surface area contributed by atoms with Gasteiger partial charge >= 0.3 is 0 Å². The van der Waals surface area contributed by atoms with Gasteiger partial charge in [-0.05, 0) is 30.3 Å². The number of nitrogens with one attached hydrogen (secondary N) is 2. The molecule has 1 aromatic carbocycles. The standard InChI is InChI=1S/C11H11N7/c12-8-2-3-9-7(5-8)1-4-10(14-9)13-6-11-15-17-18-16-11/h1-5H,6,12H2,(H,13,14)(H,15,16,17,18). The Morgan fingerprint density at radius 2 is 2.17 bits per heavy atom. The van der Waals surface area contributed by atoms with E-state index in [1.807, 2.05) is 30.3 Å². The van der Waals surface area contributed by atoms with E-state index in [9.17, 15) is 0 Å². The number of anilines is 2. The highest BCUT2D eigenvalue weighted by Gasteiger charge is 2.01. The molecule has 0 spiro atoms. The molecule has 0 aliphatic heterocycles. The monoisotopic (exact) mass is 241 g/mol. The molecular formula is C11H11N7. The van der Waals surface area contributed by atoms with E-state index >= 15 is 0 Å². The zero-order valence-electron chi connectivity index (χ0n) is 9.46. The number of nitrogen functional groups attached to an aromatic ring is 1. The summed E-state index contributed by atoms with van der Waals surface area (Å²) < 4.78 is 0. The highest BCUT2D eigenvalue weighted by Crippen LogP contribution is 2.18. The number of rotatable bonds is 3. The third-order valence-electron chi connectivity index (χ3n) is 2.53. The van der Waals surface area contributed by atoms with Crippen molar-refractivity contribution in [3.63, 3.8) is 0 Å². The van der Waals surface area contributed by atoms with Crippen LogP contribution in [0.2, 0.25) is 0 Å². The minimum absolute atomic E-state index is 0.476. The largest absolute Gasteiger partial charge is 0.399 e. The second kappa shape index (κ2) is 4.28. The minimum atomic E-state index is 0.476. The molecule has 7 heteroatoms. The Hall–Kier alpha value is -2.70. The Kier molecular flexibility index (Phi) is 2.49. The lowest BCUT2D eigenvalue weighted by atomic mass is 10.2. The van der Waals surface area contributed by atoms with Crippen LogP contribution in [0.5, 0.6) is 0 Å². The van der Waals surface area contributed by atoms with Crippen LogP contribution in [-0.2, 0) is 6.54 Å². The van der Waals surface area contributed by atoms with E-state index in [2.05, 4.69) is 30.9 Å². The number of hydrogen-bond acceptors (Lipinski definition) is 6. The molecule has 90 valence electrons. The Morgan fingerprint density at radius 1 is 1.22 bits per heavy atom. The molecule has 3 aromatic rings. The van der Waals surface area contributed by atoms with Crippen molar-refractivity contribution in [1.82, 2.24) is 25.6 Å². The maximum atomic E-state index is 5.71. The van der Waals surface area contributed by atoms with E-state index in [4.69, 9.17) is 5.73 Å². The molecule has 0 bridgehead atoms. The number of nitrogens with zero attached hydrogens (tertiary/aromatic N) is 4. The molecule has 0 radical (unpaired) electrons. The van der Waals surface area contributed by atoms with Crippen LogP contribution in [-0.4, -0.2) is 25.6 Å². The van der Waals surface area contributed by atoms with Crippen molar-refractivity contribution in [2.75, 3.05) is 11.1 Å². The molecule has 0 amide bonds. The summed E-state index contributed by atoms with van der Waals surface area (Å²) in [5, 5.41) is 17.7. The number of benzene rings is 1. The Morgan fingerprint density at radius 3 is 3.00 bits per heavy atom. The number of tetrazole rings is 1. The summed E-state index contributed by atoms with van der Waals surface area (Å²) in [6.07, 6.45) is 0. The van der Waals surface area contributed by atoms with Crippen LogP contribution in [0.25, 0.3) is 10.9 Å². The average molecular weight is 241 g/mol. The SMILES string of the molecule is Nc1ccc2nc(NCc3nn[nH]n3)ccc2c1. The molecule has 0 saturated heterocycles. The van der Waals surface area contributed by atoms with Crippen LogP contribution in [0.1, 0.15) is 5.82 Å². The fourth-order valence-electron chi connectivity index (χ4n) is 1.67. The fourth-order valence-corrected chi connectivity index (χ4v) is 1.67. The maximum absolute atomic E-state index is 5.71. The Labute approximate surface area is 102 Å². The number of nitrogens with two attached hydrogens (primary N) is 1. The van der Waals surface area contributed by atoms with Crippen LogP contribution in [0.15, 0.2) is 30.3 Å². The molecule has 7 nitrogen and oxygen atoms in total. The van der Waals surface area contributed by atoms with Crippen LogP contribution >= 0.6 is 0 Å². The fraction of sp³-hybridized carbons (Fsp3) is 0.0909. The van der Waals surface area contributed by atoms with Gasteiger partial charge in [0.1, 0.15) is 5.82 Å². The summed E-state index contributed by atoms with van der Waals surface area (Å²) in [6, 6.07) is 9.48. The van der Waals surface area contributed by atoms with Crippen molar-refractivity contribution in [3.05, 3.63) is 36.2 Å². The molecule has 0 fully saturated rings. The van der Waals surface area contributed by atoms with E-state index in [-0.39, 0.29) is 0 Å². The second-order valence-electron chi connectivity index (χ2n) is 3.83. The van der Waals surface area contributed by atoms with Gasteiger partial charge in [0, 0.05) is 11.1 Å². The van der Waals surface area contributed by atoms with E-state index in [0.29, 0.717) is 12.4 Å². The Bertz CT molecular complexity index is 662. The Balaban J connectivity index is 1.82. The predicted molar refractivity (Wildman–Crippen MR) is 67.7 cm³/mol. The summed E-state index contributed by atoms with van der Waals surface area (Å²) in [5.41, 5.74) is 7.34.